The predicted octanol–water partition coefficient (Wildman–Crippen LogP) is 2.10. The summed E-state index contributed by atoms with van der Waals surface area (Å²) in [5.74, 6) is 0.0133. The van der Waals surface area contributed by atoms with Crippen molar-refractivity contribution in [3.63, 3.8) is 0 Å². The summed E-state index contributed by atoms with van der Waals surface area (Å²) in [4.78, 5) is 26.1. The third kappa shape index (κ3) is 3.58. The normalized spacial score (nSPS) is 14.1. The zero-order valence-electron chi connectivity index (χ0n) is 14.0. The van der Waals surface area contributed by atoms with Crippen molar-refractivity contribution in [2.75, 3.05) is 6.54 Å². The van der Waals surface area contributed by atoms with Gasteiger partial charge in [0.1, 0.15) is 5.82 Å². The van der Waals surface area contributed by atoms with Gasteiger partial charge in [0.05, 0.1) is 6.42 Å². The number of nitrogens with one attached hydrogen (secondary N) is 1. The molecule has 2 aromatic rings. The lowest BCUT2D eigenvalue weighted by atomic mass is 9.99. The number of rotatable bonds is 4. The third-order valence-corrected chi connectivity index (χ3v) is 4.26. The molecule has 5 nitrogen and oxygen atoms in total. The molecule has 0 unspecified atom stereocenters. The highest BCUT2D eigenvalue weighted by molar-refractivity contribution is 5.78. The van der Waals surface area contributed by atoms with Gasteiger partial charge in [-0.05, 0) is 35.6 Å². The lowest BCUT2D eigenvalue weighted by Crippen LogP contribution is -2.37. The van der Waals surface area contributed by atoms with E-state index in [2.05, 4.69) is 5.10 Å². The van der Waals surface area contributed by atoms with Crippen LogP contribution in [-0.2, 0) is 30.7 Å². The molecule has 0 atom stereocenters. The summed E-state index contributed by atoms with van der Waals surface area (Å²) in [6.07, 6.45) is 0.886. The number of amides is 1. The Morgan fingerprint density at radius 2 is 2.08 bits per heavy atom. The molecule has 3 rings (SSSR count). The molecule has 0 aliphatic carbocycles. The minimum atomic E-state index is -0.279. The second-order valence-corrected chi connectivity index (χ2v) is 6.78. The number of carbonyl (C=O) groups is 1. The van der Waals surface area contributed by atoms with E-state index >= 15 is 0 Å². The fraction of sp³-hybridized carbons (Fsp3) is 0.444. The van der Waals surface area contributed by atoms with Crippen LogP contribution >= 0.6 is 0 Å². The van der Waals surface area contributed by atoms with Gasteiger partial charge in [0.25, 0.3) is 5.56 Å². The van der Waals surface area contributed by atoms with E-state index in [1.165, 1.54) is 22.9 Å². The first-order valence-corrected chi connectivity index (χ1v) is 8.26. The van der Waals surface area contributed by atoms with E-state index in [4.69, 9.17) is 0 Å². The van der Waals surface area contributed by atoms with Crippen LogP contribution < -0.4 is 5.56 Å². The van der Waals surface area contributed by atoms with Crippen molar-refractivity contribution < 1.29 is 9.18 Å². The smallest absolute Gasteiger partial charge is 0.266 e. The molecule has 0 spiro atoms. The maximum absolute atomic E-state index is 13.4. The number of hydrogen-bond acceptors (Lipinski definition) is 2. The number of nitrogens with zero attached hydrogens (tertiary/aromatic N) is 2. The lowest BCUT2D eigenvalue weighted by molar-refractivity contribution is -0.131. The largest absolute Gasteiger partial charge is 0.338 e. The van der Waals surface area contributed by atoms with Crippen LogP contribution in [0.25, 0.3) is 0 Å². The summed E-state index contributed by atoms with van der Waals surface area (Å²) < 4.78 is 14.9. The molecule has 6 heteroatoms. The Morgan fingerprint density at radius 1 is 1.29 bits per heavy atom. The molecule has 1 aromatic heterocycles. The average Bonchev–Trinajstić information content (AvgIpc) is 2.85. The zero-order valence-corrected chi connectivity index (χ0v) is 14.0. The van der Waals surface area contributed by atoms with Crippen molar-refractivity contribution in [1.29, 1.82) is 0 Å². The average molecular weight is 331 g/mol. The fourth-order valence-corrected chi connectivity index (χ4v) is 3.09. The molecule has 0 bridgehead atoms. The van der Waals surface area contributed by atoms with Gasteiger partial charge in [-0.1, -0.05) is 19.9 Å². The van der Waals surface area contributed by atoms with Gasteiger partial charge < -0.3 is 4.90 Å². The number of hydrogen-bond donors (Lipinski definition) is 1. The number of benzene rings is 1. The molecular formula is C18H22FN3O2. The van der Waals surface area contributed by atoms with Crippen molar-refractivity contribution in [1.82, 2.24) is 14.7 Å². The van der Waals surface area contributed by atoms with E-state index in [9.17, 15) is 14.0 Å². The standard InChI is InChI=1S/C18H22FN3O2/c1-12(2)10-22-18(24)9-16(20-22)8-17(23)21-6-5-13-3-4-15(19)7-14(13)11-21/h3-4,7,9,12,20H,5-6,8,10-11H2,1-2H3. The maximum atomic E-state index is 13.4. The zero-order chi connectivity index (χ0) is 17.3. The number of fused-ring (bicyclic) bond motifs is 1. The summed E-state index contributed by atoms with van der Waals surface area (Å²) in [6.45, 7) is 5.70. The van der Waals surface area contributed by atoms with Gasteiger partial charge in [-0.3, -0.25) is 19.4 Å². The Balaban J connectivity index is 1.69. The van der Waals surface area contributed by atoms with Crippen LogP contribution in [0.2, 0.25) is 0 Å². The molecule has 0 saturated heterocycles. The molecule has 0 saturated carbocycles. The number of carbonyl (C=O) groups excluding carboxylic acids is 1. The van der Waals surface area contributed by atoms with Crippen molar-refractivity contribution >= 4 is 5.91 Å². The lowest BCUT2D eigenvalue weighted by Gasteiger charge is -2.28. The molecular weight excluding hydrogens is 309 g/mol. The van der Waals surface area contributed by atoms with Gasteiger partial charge in [0, 0.05) is 31.4 Å². The molecule has 0 fully saturated rings. The van der Waals surface area contributed by atoms with Gasteiger partial charge >= 0.3 is 0 Å². The van der Waals surface area contributed by atoms with E-state index in [1.54, 1.807) is 11.0 Å². The number of H-pyrrole nitrogens is 1. The Labute approximate surface area is 140 Å². The minimum absolute atomic E-state index is 0.0529. The van der Waals surface area contributed by atoms with E-state index < -0.39 is 0 Å². The quantitative estimate of drug-likeness (QED) is 0.933. The molecule has 0 radical (unpaired) electrons. The first kappa shape index (κ1) is 16.5. The van der Waals surface area contributed by atoms with Crippen molar-refractivity contribution in [3.8, 4) is 0 Å². The van der Waals surface area contributed by atoms with E-state index in [0.717, 1.165) is 17.5 Å². The molecule has 2 heterocycles. The number of aromatic nitrogens is 2. The highest BCUT2D eigenvalue weighted by Gasteiger charge is 2.22. The second-order valence-electron chi connectivity index (χ2n) is 6.78. The van der Waals surface area contributed by atoms with Gasteiger partial charge in [-0.25, -0.2) is 4.39 Å². The second kappa shape index (κ2) is 6.63. The minimum Gasteiger partial charge on any atom is -0.338 e. The van der Waals surface area contributed by atoms with Gasteiger partial charge in [-0.2, -0.15) is 0 Å². The van der Waals surface area contributed by atoms with Crippen molar-refractivity contribution in [2.24, 2.45) is 5.92 Å². The summed E-state index contributed by atoms with van der Waals surface area (Å²) in [7, 11) is 0. The van der Waals surface area contributed by atoms with Crippen LogP contribution in [0.3, 0.4) is 0 Å². The number of halogens is 1. The molecule has 1 amide bonds. The first-order chi connectivity index (χ1) is 11.4. The SMILES string of the molecule is CC(C)Cn1[nH]c(CC(=O)N2CCc3ccc(F)cc3C2)cc1=O. The Bertz CT molecular complexity index is 807. The predicted molar refractivity (Wildman–Crippen MR) is 89.1 cm³/mol. The van der Waals surface area contributed by atoms with E-state index in [-0.39, 0.29) is 23.7 Å². The van der Waals surface area contributed by atoms with Gasteiger partial charge in [-0.15, -0.1) is 0 Å². The van der Waals surface area contributed by atoms with E-state index in [1.807, 2.05) is 13.8 Å². The molecule has 128 valence electrons. The van der Waals surface area contributed by atoms with Gasteiger partial charge in [0.15, 0.2) is 0 Å². The van der Waals surface area contributed by atoms with Crippen molar-refractivity contribution in [3.05, 3.63) is 57.3 Å². The topological polar surface area (TPSA) is 58.1 Å². The Morgan fingerprint density at radius 3 is 2.83 bits per heavy atom. The summed E-state index contributed by atoms with van der Waals surface area (Å²) in [5.41, 5.74) is 2.46. The van der Waals surface area contributed by atoms with E-state index in [0.29, 0.717) is 31.2 Å². The van der Waals surface area contributed by atoms with Crippen molar-refractivity contribution in [2.45, 2.75) is 39.8 Å². The van der Waals surface area contributed by atoms with Crippen LogP contribution in [0.15, 0.2) is 29.1 Å². The Hall–Kier alpha value is -2.37. The molecule has 1 aliphatic rings. The monoisotopic (exact) mass is 331 g/mol. The first-order valence-electron chi connectivity index (χ1n) is 8.26. The number of aromatic amines is 1. The highest BCUT2D eigenvalue weighted by Crippen LogP contribution is 2.20. The summed E-state index contributed by atoms with van der Waals surface area (Å²) in [6, 6.07) is 6.22. The molecule has 24 heavy (non-hydrogen) atoms. The van der Waals surface area contributed by atoms with Crippen LogP contribution in [0.5, 0.6) is 0 Å². The fourth-order valence-electron chi connectivity index (χ4n) is 3.09. The Kier molecular flexibility index (Phi) is 4.55. The van der Waals surface area contributed by atoms with Crippen LogP contribution in [0, 0.1) is 11.7 Å². The maximum Gasteiger partial charge on any atom is 0.266 e. The van der Waals surface area contributed by atoms with Crippen LogP contribution in [0.1, 0.15) is 30.7 Å². The van der Waals surface area contributed by atoms with Crippen LogP contribution in [-0.4, -0.2) is 27.1 Å². The molecule has 1 N–H and O–H groups in total. The third-order valence-electron chi connectivity index (χ3n) is 4.26. The summed E-state index contributed by atoms with van der Waals surface area (Å²) >= 11 is 0. The highest BCUT2D eigenvalue weighted by atomic mass is 19.1. The van der Waals surface area contributed by atoms with Gasteiger partial charge in [0.2, 0.25) is 5.91 Å². The summed E-state index contributed by atoms with van der Waals surface area (Å²) in [5, 5.41) is 3.01. The van der Waals surface area contributed by atoms with Crippen LogP contribution in [0.4, 0.5) is 4.39 Å². The molecule has 1 aromatic carbocycles. The molecule has 1 aliphatic heterocycles.